The summed E-state index contributed by atoms with van der Waals surface area (Å²) in [6, 6.07) is 7.76. The molecule has 2 aromatic heterocycles. The van der Waals surface area contributed by atoms with Gasteiger partial charge in [0, 0.05) is 42.4 Å². The molecule has 0 radical (unpaired) electrons. The summed E-state index contributed by atoms with van der Waals surface area (Å²) in [5, 5.41) is 12.9. The van der Waals surface area contributed by atoms with E-state index in [4.69, 9.17) is 23.2 Å². The first kappa shape index (κ1) is 18.1. The summed E-state index contributed by atoms with van der Waals surface area (Å²) in [5.41, 5.74) is 4.57. The number of nitrogens with zero attached hydrogens (tertiary/aromatic N) is 2. The fourth-order valence-electron chi connectivity index (χ4n) is 3.57. The third-order valence-corrected chi connectivity index (χ3v) is 6.74. The minimum Gasteiger partial charge on any atom is -0.396 e. The Morgan fingerprint density at radius 1 is 1.15 bits per heavy atom. The van der Waals surface area contributed by atoms with E-state index in [9.17, 15) is 5.11 Å². The van der Waals surface area contributed by atoms with Crippen LogP contribution in [-0.2, 0) is 6.42 Å². The van der Waals surface area contributed by atoms with Gasteiger partial charge in [-0.2, -0.15) is 0 Å². The molecule has 1 fully saturated rings. The largest absolute Gasteiger partial charge is 0.396 e. The van der Waals surface area contributed by atoms with Gasteiger partial charge >= 0.3 is 0 Å². The van der Waals surface area contributed by atoms with Gasteiger partial charge in [-0.25, -0.2) is 0 Å². The monoisotopic (exact) mass is 406 g/mol. The first-order chi connectivity index (χ1) is 12.7. The molecule has 26 heavy (non-hydrogen) atoms. The number of aliphatic hydroxyl groups excluding tert-OH is 1. The minimum absolute atomic E-state index is 0.296. The number of rotatable bonds is 4. The van der Waals surface area contributed by atoms with Crippen LogP contribution in [-0.4, -0.2) is 29.8 Å². The van der Waals surface area contributed by atoms with Gasteiger partial charge in [0.1, 0.15) is 0 Å². The highest BCUT2D eigenvalue weighted by molar-refractivity contribution is 7.18. The smallest absolute Gasteiger partial charge is 0.0866 e. The molecule has 0 bridgehead atoms. The van der Waals surface area contributed by atoms with Crippen molar-refractivity contribution in [2.24, 2.45) is 5.92 Å². The second kappa shape index (κ2) is 7.73. The molecule has 1 saturated heterocycles. The zero-order valence-corrected chi connectivity index (χ0v) is 16.6. The van der Waals surface area contributed by atoms with Crippen molar-refractivity contribution in [3.8, 4) is 0 Å². The fourth-order valence-corrected chi connectivity index (χ4v) is 5.11. The number of aliphatic hydroxyl groups is 1. The zero-order chi connectivity index (χ0) is 18.1. The highest BCUT2D eigenvalue weighted by Gasteiger charge is 2.21. The van der Waals surface area contributed by atoms with E-state index < -0.39 is 0 Å². The summed E-state index contributed by atoms with van der Waals surface area (Å²) in [7, 11) is 0. The SMILES string of the molecule is OCC1CCN(c2ccnc3c(Cc4ccc(Cl)cc4Cl)csc23)CC1. The van der Waals surface area contributed by atoms with Crippen molar-refractivity contribution >= 4 is 50.4 Å². The predicted molar refractivity (Wildman–Crippen MR) is 111 cm³/mol. The molecule has 6 heteroatoms. The summed E-state index contributed by atoms with van der Waals surface area (Å²) in [4.78, 5) is 7.07. The molecule has 0 unspecified atom stereocenters. The lowest BCUT2D eigenvalue weighted by Gasteiger charge is -2.33. The zero-order valence-electron chi connectivity index (χ0n) is 14.3. The molecular formula is C20H20Cl2N2OS. The summed E-state index contributed by atoms with van der Waals surface area (Å²) in [6.45, 7) is 2.27. The van der Waals surface area contributed by atoms with E-state index in [2.05, 4.69) is 21.3 Å². The van der Waals surface area contributed by atoms with Crippen LogP contribution in [0, 0.1) is 5.92 Å². The second-order valence-corrected chi connectivity index (χ2v) is 8.52. The van der Waals surface area contributed by atoms with Crippen LogP contribution in [0.25, 0.3) is 10.2 Å². The molecule has 1 aliphatic rings. The Balaban J connectivity index is 1.63. The van der Waals surface area contributed by atoms with Crippen LogP contribution in [0.1, 0.15) is 24.0 Å². The van der Waals surface area contributed by atoms with E-state index in [1.807, 2.05) is 18.3 Å². The molecular weight excluding hydrogens is 387 g/mol. The van der Waals surface area contributed by atoms with Crippen molar-refractivity contribution in [3.63, 3.8) is 0 Å². The van der Waals surface area contributed by atoms with E-state index in [1.54, 1.807) is 17.4 Å². The Kier molecular flexibility index (Phi) is 5.37. The first-order valence-corrected chi connectivity index (χ1v) is 10.4. The number of aromatic nitrogens is 1. The number of fused-ring (bicyclic) bond motifs is 1. The maximum atomic E-state index is 9.36. The van der Waals surface area contributed by atoms with Crippen LogP contribution in [0.3, 0.4) is 0 Å². The van der Waals surface area contributed by atoms with Crippen molar-refractivity contribution in [3.05, 3.63) is 57.0 Å². The first-order valence-electron chi connectivity index (χ1n) is 8.80. The van der Waals surface area contributed by atoms with Gasteiger partial charge in [-0.3, -0.25) is 4.98 Å². The van der Waals surface area contributed by atoms with Crippen molar-refractivity contribution in [2.75, 3.05) is 24.6 Å². The predicted octanol–water partition coefficient (Wildman–Crippen LogP) is 5.40. The maximum absolute atomic E-state index is 9.36. The molecule has 0 atom stereocenters. The molecule has 4 rings (SSSR count). The van der Waals surface area contributed by atoms with E-state index in [-0.39, 0.29) is 0 Å². The lowest BCUT2D eigenvalue weighted by molar-refractivity contribution is 0.203. The Bertz CT molecular complexity index is 919. The average Bonchev–Trinajstić information content (AvgIpc) is 3.07. The van der Waals surface area contributed by atoms with Gasteiger partial charge < -0.3 is 10.0 Å². The van der Waals surface area contributed by atoms with Gasteiger partial charge in [-0.15, -0.1) is 11.3 Å². The summed E-state index contributed by atoms with van der Waals surface area (Å²) < 4.78 is 1.23. The Morgan fingerprint density at radius 2 is 1.96 bits per heavy atom. The molecule has 3 aromatic rings. The van der Waals surface area contributed by atoms with Gasteiger partial charge in [0.25, 0.3) is 0 Å². The van der Waals surface area contributed by atoms with Gasteiger partial charge in [0.2, 0.25) is 0 Å². The highest BCUT2D eigenvalue weighted by Crippen LogP contribution is 2.36. The van der Waals surface area contributed by atoms with Gasteiger partial charge in [0.15, 0.2) is 0 Å². The number of hydrogen-bond donors (Lipinski definition) is 1. The second-order valence-electron chi connectivity index (χ2n) is 6.79. The third-order valence-electron chi connectivity index (χ3n) is 5.12. The lowest BCUT2D eigenvalue weighted by Crippen LogP contribution is -2.34. The summed E-state index contributed by atoms with van der Waals surface area (Å²) >= 11 is 14.1. The van der Waals surface area contributed by atoms with Crippen molar-refractivity contribution in [1.82, 2.24) is 4.98 Å². The van der Waals surface area contributed by atoms with Gasteiger partial charge in [0.05, 0.1) is 15.9 Å². The van der Waals surface area contributed by atoms with E-state index in [0.717, 1.165) is 43.4 Å². The molecule has 0 spiro atoms. The van der Waals surface area contributed by atoms with Gasteiger partial charge in [-0.1, -0.05) is 29.3 Å². The van der Waals surface area contributed by atoms with E-state index >= 15 is 0 Å². The van der Waals surface area contributed by atoms with Crippen LogP contribution in [0.5, 0.6) is 0 Å². The van der Waals surface area contributed by atoms with E-state index in [1.165, 1.54) is 16.0 Å². The van der Waals surface area contributed by atoms with Crippen LogP contribution >= 0.6 is 34.5 Å². The number of hydrogen-bond acceptors (Lipinski definition) is 4. The minimum atomic E-state index is 0.296. The standard InChI is InChI=1S/C20H20Cl2N2OS/c21-16-2-1-14(17(22)10-16)9-15-12-26-20-18(3-6-23-19(15)20)24-7-4-13(11-25)5-8-24/h1-3,6,10,12-13,25H,4-5,7-9,11H2. The molecule has 0 saturated carbocycles. The molecule has 0 aliphatic carbocycles. The Labute approximate surface area is 167 Å². The molecule has 1 N–H and O–H groups in total. The number of anilines is 1. The van der Waals surface area contributed by atoms with Crippen LogP contribution in [0.15, 0.2) is 35.8 Å². The normalized spacial score (nSPS) is 15.7. The number of benzene rings is 1. The van der Waals surface area contributed by atoms with Gasteiger partial charge in [-0.05, 0) is 53.5 Å². The average molecular weight is 407 g/mol. The molecule has 3 nitrogen and oxygen atoms in total. The fraction of sp³-hybridized carbons (Fsp3) is 0.350. The number of pyridine rings is 1. The highest BCUT2D eigenvalue weighted by atomic mass is 35.5. The van der Waals surface area contributed by atoms with Crippen molar-refractivity contribution < 1.29 is 5.11 Å². The molecule has 136 valence electrons. The lowest BCUT2D eigenvalue weighted by atomic mass is 9.97. The maximum Gasteiger partial charge on any atom is 0.0866 e. The summed E-state index contributed by atoms with van der Waals surface area (Å²) in [6.07, 6.45) is 4.73. The number of halogens is 2. The van der Waals surface area contributed by atoms with Crippen molar-refractivity contribution in [2.45, 2.75) is 19.3 Å². The Morgan fingerprint density at radius 3 is 2.69 bits per heavy atom. The quantitative estimate of drug-likeness (QED) is 0.629. The third kappa shape index (κ3) is 3.56. The van der Waals surface area contributed by atoms with Crippen LogP contribution < -0.4 is 4.90 Å². The number of thiophene rings is 1. The molecule has 1 aliphatic heterocycles. The number of piperidine rings is 1. The summed E-state index contributed by atoms with van der Waals surface area (Å²) in [5.74, 6) is 0.439. The Hall–Kier alpha value is -1.33. The molecule has 1 aromatic carbocycles. The van der Waals surface area contributed by atoms with Crippen LogP contribution in [0.2, 0.25) is 10.0 Å². The molecule has 0 amide bonds. The molecule has 3 heterocycles. The van der Waals surface area contributed by atoms with Crippen LogP contribution in [0.4, 0.5) is 5.69 Å². The topological polar surface area (TPSA) is 36.4 Å². The van der Waals surface area contributed by atoms with Crippen molar-refractivity contribution in [1.29, 1.82) is 0 Å². The van der Waals surface area contributed by atoms with E-state index in [0.29, 0.717) is 22.6 Å².